The molecule has 1 aliphatic rings. The molecule has 1 fully saturated rings. The molecule has 6 heteroatoms. The van der Waals surface area contributed by atoms with Crippen LogP contribution in [0.1, 0.15) is 26.3 Å². The van der Waals surface area contributed by atoms with Gasteiger partial charge in [-0.05, 0) is 38.6 Å². The van der Waals surface area contributed by atoms with Crippen molar-refractivity contribution in [3.63, 3.8) is 0 Å². The summed E-state index contributed by atoms with van der Waals surface area (Å²) in [6.07, 6.45) is 0. The molecule has 1 aromatic rings. The van der Waals surface area contributed by atoms with Crippen LogP contribution in [0.15, 0.2) is 10.8 Å². The molecule has 0 spiro atoms. The molecule has 0 bridgehead atoms. The van der Waals surface area contributed by atoms with Gasteiger partial charge in [-0.15, -0.1) is 11.3 Å². The largest absolute Gasteiger partial charge is 0.389 e. The number of hydrogen-bond donors (Lipinski definition) is 2. The van der Waals surface area contributed by atoms with Crippen molar-refractivity contribution in [2.75, 3.05) is 31.5 Å². The van der Waals surface area contributed by atoms with Crippen LogP contribution in [0.25, 0.3) is 0 Å². The van der Waals surface area contributed by atoms with Crippen molar-refractivity contribution in [3.8, 4) is 0 Å². The normalized spacial score (nSPS) is 20.6. The van der Waals surface area contributed by atoms with Crippen molar-refractivity contribution in [2.45, 2.75) is 39.3 Å². The third kappa shape index (κ3) is 4.43. The van der Waals surface area contributed by atoms with Crippen molar-refractivity contribution in [1.82, 2.24) is 9.80 Å². The Labute approximate surface area is 130 Å². The number of piperazine rings is 1. The molecular formula is C15H25N3O2S. The highest BCUT2D eigenvalue weighted by molar-refractivity contribution is 7.08. The van der Waals surface area contributed by atoms with Gasteiger partial charge in [0.15, 0.2) is 0 Å². The molecule has 2 rings (SSSR count). The number of hydrogen-bond acceptors (Lipinski definition) is 4. The standard InChI is InChI=1S/C15H25N3O2S/c1-11-8-21-9-13(11)16-14(19)18-6-5-17(7-12(18)2)10-15(3,4)20/h8-9,12,20H,5-7,10H2,1-4H3,(H,16,19). The second-order valence-electron chi connectivity index (χ2n) is 6.49. The number of β-amino-alcohol motifs (C(OH)–C–C–N with tert-alkyl or cyclic N) is 1. The third-order valence-corrected chi connectivity index (χ3v) is 4.54. The predicted molar refractivity (Wildman–Crippen MR) is 87.0 cm³/mol. The van der Waals surface area contributed by atoms with Gasteiger partial charge in [0.1, 0.15) is 0 Å². The fourth-order valence-corrected chi connectivity index (χ4v) is 3.48. The summed E-state index contributed by atoms with van der Waals surface area (Å²) in [4.78, 5) is 16.5. The molecule has 0 radical (unpaired) electrons. The Morgan fingerprint density at radius 1 is 1.48 bits per heavy atom. The van der Waals surface area contributed by atoms with Crippen molar-refractivity contribution in [3.05, 3.63) is 16.3 Å². The van der Waals surface area contributed by atoms with Gasteiger partial charge in [0, 0.05) is 37.6 Å². The van der Waals surface area contributed by atoms with Crippen LogP contribution < -0.4 is 5.32 Å². The van der Waals surface area contributed by atoms with Gasteiger partial charge in [0.2, 0.25) is 0 Å². The maximum absolute atomic E-state index is 12.4. The SMILES string of the molecule is Cc1cscc1NC(=O)N1CCN(CC(C)(C)O)CC1C. The van der Waals surface area contributed by atoms with E-state index < -0.39 is 5.60 Å². The first-order chi connectivity index (χ1) is 9.76. The van der Waals surface area contributed by atoms with E-state index in [1.54, 1.807) is 11.3 Å². The first-order valence-corrected chi connectivity index (χ1v) is 8.26. The minimum atomic E-state index is -0.696. The number of aryl methyl sites for hydroxylation is 1. The number of aliphatic hydroxyl groups is 1. The van der Waals surface area contributed by atoms with E-state index in [4.69, 9.17) is 0 Å². The average Bonchev–Trinajstić information content (AvgIpc) is 2.72. The third-order valence-electron chi connectivity index (χ3n) is 3.68. The van der Waals surface area contributed by atoms with Crippen LogP contribution in [0.3, 0.4) is 0 Å². The van der Waals surface area contributed by atoms with Gasteiger partial charge in [-0.3, -0.25) is 4.90 Å². The van der Waals surface area contributed by atoms with Crippen LogP contribution in [0, 0.1) is 6.92 Å². The van der Waals surface area contributed by atoms with E-state index in [9.17, 15) is 9.90 Å². The Bertz CT molecular complexity index is 495. The molecule has 1 aliphatic heterocycles. The lowest BCUT2D eigenvalue weighted by atomic mass is 10.1. The summed E-state index contributed by atoms with van der Waals surface area (Å²) in [6, 6.07) is 0.104. The lowest BCUT2D eigenvalue weighted by Gasteiger charge is -2.41. The van der Waals surface area contributed by atoms with Crippen molar-refractivity contribution >= 4 is 23.1 Å². The molecule has 1 atom stereocenters. The van der Waals surface area contributed by atoms with E-state index in [0.29, 0.717) is 13.1 Å². The smallest absolute Gasteiger partial charge is 0.322 e. The topological polar surface area (TPSA) is 55.8 Å². The first kappa shape index (κ1) is 16.3. The Kier molecular flexibility index (Phi) is 4.91. The first-order valence-electron chi connectivity index (χ1n) is 7.31. The van der Waals surface area contributed by atoms with Gasteiger partial charge >= 0.3 is 6.03 Å². The summed E-state index contributed by atoms with van der Waals surface area (Å²) < 4.78 is 0. The monoisotopic (exact) mass is 311 g/mol. The van der Waals surface area contributed by atoms with Gasteiger partial charge in [-0.1, -0.05) is 0 Å². The van der Waals surface area contributed by atoms with Crippen molar-refractivity contribution in [1.29, 1.82) is 0 Å². The molecule has 5 nitrogen and oxygen atoms in total. The molecule has 2 N–H and O–H groups in total. The summed E-state index contributed by atoms with van der Waals surface area (Å²) in [5.74, 6) is 0. The average molecular weight is 311 g/mol. The summed E-state index contributed by atoms with van der Waals surface area (Å²) in [5.41, 5.74) is 1.30. The molecule has 21 heavy (non-hydrogen) atoms. The summed E-state index contributed by atoms with van der Waals surface area (Å²) >= 11 is 1.59. The number of anilines is 1. The molecule has 2 amide bonds. The van der Waals surface area contributed by atoms with Crippen molar-refractivity contribution < 1.29 is 9.90 Å². The van der Waals surface area contributed by atoms with E-state index in [1.165, 1.54) is 0 Å². The molecule has 1 aromatic heterocycles. The van der Waals surface area contributed by atoms with E-state index in [1.807, 2.05) is 36.4 Å². The number of nitrogens with zero attached hydrogens (tertiary/aromatic N) is 2. The highest BCUT2D eigenvalue weighted by atomic mass is 32.1. The van der Waals surface area contributed by atoms with Gasteiger partial charge in [0.25, 0.3) is 0 Å². The Morgan fingerprint density at radius 3 is 2.71 bits per heavy atom. The zero-order chi connectivity index (χ0) is 15.6. The number of rotatable bonds is 3. The van der Waals surface area contributed by atoms with Crippen LogP contribution in [0.4, 0.5) is 10.5 Å². The molecule has 118 valence electrons. The van der Waals surface area contributed by atoms with Gasteiger partial charge in [-0.2, -0.15) is 0 Å². The van der Waals surface area contributed by atoms with Crippen LogP contribution in [0.2, 0.25) is 0 Å². The van der Waals surface area contributed by atoms with Crippen molar-refractivity contribution in [2.24, 2.45) is 0 Å². The number of amides is 2. The van der Waals surface area contributed by atoms with Crippen LogP contribution in [-0.4, -0.2) is 58.8 Å². The molecular weight excluding hydrogens is 286 g/mol. The molecule has 2 heterocycles. The lowest BCUT2D eigenvalue weighted by molar-refractivity contribution is 0.0130. The number of urea groups is 1. The van der Waals surface area contributed by atoms with Gasteiger partial charge in [0.05, 0.1) is 11.3 Å². The molecule has 1 saturated heterocycles. The van der Waals surface area contributed by atoms with Crippen LogP contribution >= 0.6 is 11.3 Å². The number of carbonyl (C=O) groups excluding carboxylic acids is 1. The summed E-state index contributed by atoms with van der Waals surface area (Å²) in [6.45, 7) is 10.6. The quantitative estimate of drug-likeness (QED) is 0.901. The Morgan fingerprint density at radius 2 is 2.19 bits per heavy atom. The van der Waals surface area contributed by atoms with Gasteiger partial charge < -0.3 is 15.3 Å². The van der Waals surface area contributed by atoms with E-state index in [-0.39, 0.29) is 12.1 Å². The molecule has 0 saturated carbocycles. The predicted octanol–water partition coefficient (Wildman–Crippen LogP) is 2.37. The Balaban J connectivity index is 1.91. The zero-order valence-corrected chi connectivity index (χ0v) is 14.0. The van der Waals surface area contributed by atoms with E-state index in [2.05, 4.69) is 17.1 Å². The molecule has 0 aromatic carbocycles. The number of nitrogens with one attached hydrogen (secondary N) is 1. The van der Waals surface area contributed by atoms with E-state index in [0.717, 1.165) is 24.3 Å². The van der Waals surface area contributed by atoms with Crippen LogP contribution in [-0.2, 0) is 0 Å². The second-order valence-corrected chi connectivity index (χ2v) is 7.23. The number of thiophene rings is 1. The minimum Gasteiger partial charge on any atom is -0.389 e. The van der Waals surface area contributed by atoms with Gasteiger partial charge in [-0.25, -0.2) is 4.79 Å². The highest BCUT2D eigenvalue weighted by Crippen LogP contribution is 2.21. The lowest BCUT2D eigenvalue weighted by Crippen LogP contribution is -2.57. The number of carbonyl (C=O) groups is 1. The maximum Gasteiger partial charge on any atom is 0.322 e. The highest BCUT2D eigenvalue weighted by Gasteiger charge is 2.30. The fourth-order valence-electron chi connectivity index (χ4n) is 2.70. The molecule has 0 aliphatic carbocycles. The minimum absolute atomic E-state index is 0.0353. The van der Waals surface area contributed by atoms with Crippen LogP contribution in [0.5, 0.6) is 0 Å². The fraction of sp³-hybridized carbons (Fsp3) is 0.667. The summed E-state index contributed by atoms with van der Waals surface area (Å²) in [7, 11) is 0. The zero-order valence-electron chi connectivity index (χ0n) is 13.2. The second kappa shape index (κ2) is 6.34. The summed E-state index contributed by atoms with van der Waals surface area (Å²) in [5, 5.41) is 16.9. The maximum atomic E-state index is 12.4. The molecule has 1 unspecified atom stereocenters. The van der Waals surface area contributed by atoms with E-state index >= 15 is 0 Å². The Hall–Kier alpha value is -1.11.